The third-order valence-electron chi connectivity index (χ3n) is 4.59. The van der Waals surface area contributed by atoms with E-state index < -0.39 is 0 Å². The first-order chi connectivity index (χ1) is 10.6. The van der Waals surface area contributed by atoms with Gasteiger partial charge in [-0.25, -0.2) is 0 Å². The maximum atomic E-state index is 4.42. The summed E-state index contributed by atoms with van der Waals surface area (Å²) in [6, 6.07) is 0.630. The molecule has 23 heavy (non-hydrogen) atoms. The summed E-state index contributed by atoms with van der Waals surface area (Å²) in [6.07, 6.45) is 1.20. The zero-order valence-corrected chi connectivity index (χ0v) is 17.2. The summed E-state index contributed by atoms with van der Waals surface area (Å²) in [6.45, 7) is 11.4. The number of halogens is 1. The number of guanidine groups is 1. The molecule has 1 aromatic rings. The second-order valence-electron chi connectivity index (χ2n) is 5.73. The van der Waals surface area contributed by atoms with Crippen LogP contribution in [0.3, 0.4) is 0 Å². The van der Waals surface area contributed by atoms with Crippen molar-refractivity contribution in [3.8, 4) is 0 Å². The van der Waals surface area contributed by atoms with Gasteiger partial charge in [-0.2, -0.15) is 0 Å². The van der Waals surface area contributed by atoms with E-state index in [1.807, 2.05) is 25.6 Å². The lowest BCUT2D eigenvalue weighted by atomic mass is 10.2. The number of aliphatic imine (C=N–C) groups is 1. The molecule has 1 fully saturated rings. The number of hydrogen-bond acceptors (Lipinski definition) is 4. The van der Waals surface area contributed by atoms with Crippen molar-refractivity contribution in [3.05, 3.63) is 11.6 Å². The molecule has 8 heteroatoms. The van der Waals surface area contributed by atoms with Crippen LogP contribution in [0.4, 0.5) is 0 Å². The maximum Gasteiger partial charge on any atom is 0.194 e. The molecule has 1 saturated heterocycles. The predicted molar refractivity (Wildman–Crippen MR) is 104 cm³/mol. The fourth-order valence-corrected chi connectivity index (χ4v) is 3.07. The lowest BCUT2D eigenvalue weighted by Crippen LogP contribution is -2.43. The predicted octanol–water partition coefficient (Wildman–Crippen LogP) is 1.23. The van der Waals surface area contributed by atoms with E-state index in [9.17, 15) is 0 Å². The normalized spacial score (nSPS) is 18.4. The Morgan fingerprint density at radius 1 is 1.35 bits per heavy atom. The van der Waals surface area contributed by atoms with Gasteiger partial charge in [0.15, 0.2) is 11.8 Å². The Morgan fingerprint density at radius 3 is 2.57 bits per heavy atom. The summed E-state index contributed by atoms with van der Waals surface area (Å²) in [5, 5.41) is 11.7. The molecule has 2 heterocycles. The Hall–Kier alpha value is -0.900. The van der Waals surface area contributed by atoms with Gasteiger partial charge < -0.3 is 14.8 Å². The molecule has 0 saturated carbocycles. The van der Waals surface area contributed by atoms with E-state index in [1.54, 1.807) is 0 Å². The molecule has 0 bridgehead atoms. The summed E-state index contributed by atoms with van der Waals surface area (Å²) in [5.74, 6) is 2.81. The second kappa shape index (κ2) is 9.41. The second-order valence-corrected chi connectivity index (χ2v) is 5.73. The fourth-order valence-electron chi connectivity index (χ4n) is 3.07. The molecule has 1 aromatic heterocycles. The average Bonchev–Trinajstić information content (AvgIpc) is 3.12. The van der Waals surface area contributed by atoms with Crippen molar-refractivity contribution in [2.24, 2.45) is 12.0 Å². The molecule has 2 rings (SSSR count). The first-order valence-electron chi connectivity index (χ1n) is 8.15. The Kier molecular flexibility index (Phi) is 8.24. The van der Waals surface area contributed by atoms with Gasteiger partial charge in [-0.3, -0.25) is 9.89 Å². The Labute approximate surface area is 156 Å². The van der Waals surface area contributed by atoms with Crippen molar-refractivity contribution in [3.63, 3.8) is 0 Å². The Balaban J connectivity index is 0.00000264. The number of likely N-dealkylation sites (N-methyl/N-ethyl adjacent to an activating group) is 1. The van der Waals surface area contributed by atoms with Crippen LogP contribution < -0.4 is 5.32 Å². The highest BCUT2D eigenvalue weighted by Gasteiger charge is 2.28. The van der Waals surface area contributed by atoms with Crippen LogP contribution in [-0.2, 0) is 13.6 Å². The van der Waals surface area contributed by atoms with E-state index >= 15 is 0 Å². The van der Waals surface area contributed by atoms with Gasteiger partial charge in [0.2, 0.25) is 0 Å². The number of nitrogens with zero attached hydrogens (tertiary/aromatic N) is 6. The van der Waals surface area contributed by atoms with Gasteiger partial charge in [0, 0.05) is 33.2 Å². The smallest absolute Gasteiger partial charge is 0.194 e. The molecule has 1 aliphatic heterocycles. The Morgan fingerprint density at radius 2 is 2.04 bits per heavy atom. The van der Waals surface area contributed by atoms with Crippen LogP contribution in [0.1, 0.15) is 31.9 Å². The van der Waals surface area contributed by atoms with Crippen molar-refractivity contribution >= 4 is 29.9 Å². The van der Waals surface area contributed by atoms with Crippen LogP contribution in [-0.4, -0.2) is 69.8 Å². The maximum absolute atomic E-state index is 4.42. The van der Waals surface area contributed by atoms with Crippen molar-refractivity contribution < 1.29 is 0 Å². The van der Waals surface area contributed by atoms with Crippen LogP contribution in [0.5, 0.6) is 0 Å². The monoisotopic (exact) mass is 435 g/mol. The number of hydrogen-bond donors (Lipinski definition) is 1. The number of aromatic nitrogens is 3. The molecule has 1 unspecified atom stereocenters. The van der Waals surface area contributed by atoms with Crippen molar-refractivity contribution in [1.29, 1.82) is 0 Å². The van der Waals surface area contributed by atoms with E-state index in [0.717, 1.165) is 43.8 Å². The molecular weight excluding hydrogens is 405 g/mol. The zero-order chi connectivity index (χ0) is 16.1. The molecule has 0 spiro atoms. The summed E-state index contributed by atoms with van der Waals surface area (Å²) in [5.41, 5.74) is 0. The van der Waals surface area contributed by atoms with Crippen molar-refractivity contribution in [1.82, 2.24) is 29.9 Å². The third kappa shape index (κ3) is 4.79. The molecule has 0 radical (unpaired) electrons. The molecule has 0 aliphatic carbocycles. The van der Waals surface area contributed by atoms with Crippen LogP contribution in [0.2, 0.25) is 0 Å². The lowest BCUT2D eigenvalue weighted by Gasteiger charge is -2.27. The average molecular weight is 435 g/mol. The van der Waals surface area contributed by atoms with E-state index in [4.69, 9.17) is 0 Å². The topological polar surface area (TPSA) is 61.6 Å². The molecule has 0 aromatic carbocycles. The number of rotatable bonds is 5. The summed E-state index contributed by atoms with van der Waals surface area (Å²) < 4.78 is 2.00. The van der Waals surface area contributed by atoms with Gasteiger partial charge in [0.05, 0.1) is 6.54 Å². The summed E-state index contributed by atoms with van der Waals surface area (Å²) in [4.78, 5) is 9.29. The number of aryl methyl sites for hydroxylation is 1. The molecule has 7 nitrogen and oxygen atoms in total. The molecule has 1 atom stereocenters. The first kappa shape index (κ1) is 20.1. The summed E-state index contributed by atoms with van der Waals surface area (Å²) >= 11 is 0. The van der Waals surface area contributed by atoms with Crippen molar-refractivity contribution in [2.75, 3.05) is 33.2 Å². The van der Waals surface area contributed by atoms with Crippen molar-refractivity contribution in [2.45, 2.75) is 39.8 Å². The molecular formula is C15H30IN7. The largest absolute Gasteiger partial charge is 0.349 e. The van der Waals surface area contributed by atoms with Gasteiger partial charge in [0.25, 0.3) is 0 Å². The SMILES string of the molecule is CCN(CC)C1CCN(C(=NC)NCc2nnc(C)n2C)C1.I. The van der Waals surface area contributed by atoms with Crippen LogP contribution >= 0.6 is 24.0 Å². The first-order valence-corrected chi connectivity index (χ1v) is 8.15. The standard InChI is InChI=1S/C15H29N7.HI/c1-6-21(7-2)13-8-9-22(11-13)15(16-4)17-10-14-19-18-12(3)20(14)5;/h13H,6-11H2,1-5H3,(H,16,17);1H. The Bertz CT molecular complexity index is 510. The minimum absolute atomic E-state index is 0. The van der Waals surface area contributed by atoms with Gasteiger partial charge in [-0.05, 0) is 26.4 Å². The molecule has 132 valence electrons. The van der Waals surface area contributed by atoms with Gasteiger partial charge in [0.1, 0.15) is 5.82 Å². The number of nitrogens with one attached hydrogen (secondary N) is 1. The molecule has 1 aliphatic rings. The van der Waals surface area contributed by atoms with E-state index in [0.29, 0.717) is 12.6 Å². The third-order valence-corrected chi connectivity index (χ3v) is 4.59. The minimum atomic E-state index is 0. The lowest BCUT2D eigenvalue weighted by molar-refractivity contribution is 0.223. The highest BCUT2D eigenvalue weighted by atomic mass is 127. The van der Waals surface area contributed by atoms with E-state index in [-0.39, 0.29) is 24.0 Å². The van der Waals surface area contributed by atoms with E-state index in [2.05, 4.69) is 44.2 Å². The fraction of sp³-hybridized carbons (Fsp3) is 0.800. The summed E-state index contributed by atoms with van der Waals surface area (Å²) in [7, 11) is 3.83. The minimum Gasteiger partial charge on any atom is -0.349 e. The molecule has 0 amide bonds. The highest BCUT2D eigenvalue weighted by molar-refractivity contribution is 14.0. The zero-order valence-electron chi connectivity index (χ0n) is 14.9. The number of likely N-dealkylation sites (tertiary alicyclic amines) is 1. The van der Waals surface area contributed by atoms with Gasteiger partial charge in [-0.15, -0.1) is 34.2 Å². The highest BCUT2D eigenvalue weighted by Crippen LogP contribution is 2.15. The van der Waals surface area contributed by atoms with Crippen LogP contribution in [0.15, 0.2) is 4.99 Å². The quantitative estimate of drug-likeness (QED) is 0.429. The van der Waals surface area contributed by atoms with Gasteiger partial charge >= 0.3 is 0 Å². The molecule has 1 N–H and O–H groups in total. The van der Waals surface area contributed by atoms with Crippen LogP contribution in [0, 0.1) is 6.92 Å². The van der Waals surface area contributed by atoms with Crippen LogP contribution in [0.25, 0.3) is 0 Å². The van der Waals surface area contributed by atoms with Gasteiger partial charge in [-0.1, -0.05) is 13.8 Å². The van der Waals surface area contributed by atoms with E-state index in [1.165, 1.54) is 6.42 Å².